The predicted molar refractivity (Wildman–Crippen MR) is 57.6 cm³/mol. The summed E-state index contributed by atoms with van der Waals surface area (Å²) in [4.78, 5) is 0. The highest BCUT2D eigenvalue weighted by molar-refractivity contribution is 7.03. The van der Waals surface area contributed by atoms with Crippen LogP contribution in [0.2, 0.25) is 0 Å². The average molecular weight is 234 g/mol. The first-order chi connectivity index (χ1) is 7.79. The van der Waals surface area contributed by atoms with Gasteiger partial charge in [0.15, 0.2) is 0 Å². The van der Waals surface area contributed by atoms with Crippen molar-refractivity contribution in [3.8, 4) is 11.8 Å². The van der Waals surface area contributed by atoms with Crippen molar-refractivity contribution >= 4 is 11.5 Å². The van der Waals surface area contributed by atoms with Gasteiger partial charge >= 0.3 is 0 Å². The molecule has 0 aliphatic rings. The second kappa shape index (κ2) is 4.73. The number of nitrogens with zero attached hydrogens (tertiary/aromatic N) is 2. The van der Waals surface area contributed by atoms with E-state index in [4.69, 9.17) is 10.00 Å². The van der Waals surface area contributed by atoms with Gasteiger partial charge in [-0.15, -0.1) is 0 Å². The van der Waals surface area contributed by atoms with Crippen LogP contribution in [0.3, 0.4) is 0 Å². The minimum atomic E-state index is -0.566. The molecule has 0 fully saturated rings. The first-order valence-electron chi connectivity index (χ1n) is 4.50. The lowest BCUT2D eigenvalue weighted by molar-refractivity contribution is 0.305. The van der Waals surface area contributed by atoms with Gasteiger partial charge in [-0.3, -0.25) is 0 Å². The molecule has 0 bridgehead atoms. The Hall–Kier alpha value is -1.93. The fourth-order valence-electron chi connectivity index (χ4n) is 1.14. The van der Waals surface area contributed by atoms with Crippen molar-refractivity contribution in [2.75, 3.05) is 0 Å². The summed E-state index contributed by atoms with van der Waals surface area (Å²) >= 11 is 1.34. The van der Waals surface area contributed by atoms with E-state index in [1.165, 1.54) is 23.7 Å². The number of hydrogen-bond acceptors (Lipinski definition) is 4. The molecule has 16 heavy (non-hydrogen) atoms. The molecule has 0 amide bonds. The second-order valence-electron chi connectivity index (χ2n) is 3.07. The number of benzene rings is 1. The van der Waals surface area contributed by atoms with Crippen molar-refractivity contribution in [2.24, 2.45) is 0 Å². The van der Waals surface area contributed by atoms with Crippen LogP contribution in [0, 0.1) is 17.1 Å². The van der Waals surface area contributed by atoms with Crippen LogP contribution in [0.5, 0.6) is 5.75 Å². The highest BCUT2D eigenvalue weighted by atomic mass is 32.1. The van der Waals surface area contributed by atoms with Crippen LogP contribution in [-0.4, -0.2) is 4.37 Å². The Morgan fingerprint density at radius 3 is 3.00 bits per heavy atom. The third-order valence-electron chi connectivity index (χ3n) is 1.95. The first kappa shape index (κ1) is 10.6. The van der Waals surface area contributed by atoms with E-state index in [0.29, 0.717) is 12.4 Å². The van der Waals surface area contributed by atoms with E-state index in [2.05, 4.69) is 4.37 Å². The normalized spacial score (nSPS) is 9.75. The molecule has 0 radical (unpaired) electrons. The van der Waals surface area contributed by atoms with Gasteiger partial charge in [-0.2, -0.15) is 5.26 Å². The quantitative estimate of drug-likeness (QED) is 0.820. The molecular weight excluding hydrogens is 227 g/mol. The molecule has 1 aromatic heterocycles. The highest BCUT2D eigenvalue weighted by Crippen LogP contribution is 2.17. The molecule has 2 aromatic rings. The number of aromatic nitrogens is 1. The average Bonchev–Trinajstić information content (AvgIpc) is 2.79. The molecular formula is C11H7FN2OS. The first-order valence-corrected chi connectivity index (χ1v) is 5.34. The van der Waals surface area contributed by atoms with Crippen LogP contribution < -0.4 is 4.74 Å². The van der Waals surface area contributed by atoms with Gasteiger partial charge in [0.2, 0.25) is 0 Å². The number of halogens is 1. The van der Waals surface area contributed by atoms with Gasteiger partial charge in [0.1, 0.15) is 24.2 Å². The van der Waals surface area contributed by atoms with Gasteiger partial charge in [0.25, 0.3) is 0 Å². The van der Waals surface area contributed by atoms with Gasteiger partial charge in [-0.05, 0) is 23.7 Å². The summed E-state index contributed by atoms with van der Waals surface area (Å²) in [6, 6.07) is 5.93. The molecule has 0 aliphatic carbocycles. The summed E-state index contributed by atoms with van der Waals surface area (Å²) in [7, 11) is 0. The highest BCUT2D eigenvalue weighted by Gasteiger charge is 2.03. The SMILES string of the molecule is N#Cc1ccc(OCc2cnsc2)cc1F. The van der Waals surface area contributed by atoms with Crippen molar-refractivity contribution in [3.63, 3.8) is 0 Å². The lowest BCUT2D eigenvalue weighted by Gasteiger charge is -2.04. The zero-order valence-corrected chi connectivity index (χ0v) is 9.00. The molecule has 0 saturated heterocycles. The van der Waals surface area contributed by atoms with E-state index in [9.17, 15) is 4.39 Å². The van der Waals surface area contributed by atoms with Gasteiger partial charge in [-0.25, -0.2) is 8.76 Å². The van der Waals surface area contributed by atoms with Gasteiger partial charge in [-0.1, -0.05) is 0 Å². The van der Waals surface area contributed by atoms with Crippen LogP contribution in [0.4, 0.5) is 4.39 Å². The summed E-state index contributed by atoms with van der Waals surface area (Å²) in [5.41, 5.74) is 0.958. The fraction of sp³-hybridized carbons (Fsp3) is 0.0909. The van der Waals surface area contributed by atoms with Crippen LogP contribution >= 0.6 is 11.5 Å². The predicted octanol–water partition coefficient (Wildman–Crippen LogP) is 2.73. The Kier molecular flexibility index (Phi) is 3.13. The summed E-state index contributed by atoms with van der Waals surface area (Å²) in [6.07, 6.45) is 1.70. The minimum absolute atomic E-state index is 0.0181. The van der Waals surface area contributed by atoms with Crippen LogP contribution in [0.1, 0.15) is 11.1 Å². The van der Waals surface area contributed by atoms with Crippen LogP contribution in [0.25, 0.3) is 0 Å². The van der Waals surface area contributed by atoms with E-state index in [1.807, 2.05) is 5.38 Å². The Balaban J connectivity index is 2.06. The minimum Gasteiger partial charge on any atom is -0.489 e. The van der Waals surface area contributed by atoms with E-state index in [-0.39, 0.29) is 5.56 Å². The van der Waals surface area contributed by atoms with Crippen LogP contribution in [0.15, 0.2) is 29.8 Å². The Morgan fingerprint density at radius 1 is 1.50 bits per heavy atom. The molecule has 1 aromatic carbocycles. The Morgan fingerprint density at radius 2 is 2.38 bits per heavy atom. The number of nitriles is 1. The zero-order chi connectivity index (χ0) is 11.4. The van der Waals surface area contributed by atoms with E-state index in [1.54, 1.807) is 18.3 Å². The maximum absolute atomic E-state index is 13.2. The number of hydrogen-bond donors (Lipinski definition) is 0. The molecule has 3 nitrogen and oxygen atoms in total. The van der Waals surface area contributed by atoms with Crippen molar-refractivity contribution in [3.05, 3.63) is 46.7 Å². The molecule has 1 heterocycles. The molecule has 0 spiro atoms. The molecule has 0 N–H and O–H groups in total. The summed E-state index contributed by atoms with van der Waals surface area (Å²) in [5.74, 6) is -0.161. The molecule has 0 unspecified atom stereocenters. The standard InChI is InChI=1S/C11H7FN2OS/c12-11-3-10(2-1-9(11)4-13)15-6-8-5-14-16-7-8/h1-3,5,7H,6H2. The Bertz CT molecular complexity index is 519. The zero-order valence-electron chi connectivity index (χ0n) is 8.18. The largest absolute Gasteiger partial charge is 0.489 e. The molecule has 2 rings (SSSR count). The van der Waals surface area contributed by atoms with Gasteiger partial charge < -0.3 is 4.74 Å². The van der Waals surface area contributed by atoms with Crippen molar-refractivity contribution < 1.29 is 9.13 Å². The fourth-order valence-corrected chi connectivity index (χ4v) is 1.66. The van der Waals surface area contributed by atoms with Gasteiger partial charge in [0.05, 0.1) is 5.56 Å². The summed E-state index contributed by atoms with van der Waals surface area (Å²) in [5, 5.41) is 10.4. The number of ether oxygens (including phenoxy) is 1. The summed E-state index contributed by atoms with van der Waals surface area (Å²) in [6.45, 7) is 0.349. The smallest absolute Gasteiger partial charge is 0.144 e. The second-order valence-corrected chi connectivity index (χ2v) is 3.73. The topological polar surface area (TPSA) is 45.9 Å². The maximum atomic E-state index is 13.2. The van der Waals surface area contributed by atoms with E-state index >= 15 is 0 Å². The van der Waals surface area contributed by atoms with E-state index in [0.717, 1.165) is 5.56 Å². The van der Waals surface area contributed by atoms with Crippen molar-refractivity contribution in [1.82, 2.24) is 4.37 Å². The molecule has 80 valence electrons. The third-order valence-corrected chi connectivity index (χ3v) is 2.59. The lowest BCUT2D eigenvalue weighted by atomic mass is 10.2. The van der Waals surface area contributed by atoms with E-state index < -0.39 is 5.82 Å². The maximum Gasteiger partial charge on any atom is 0.144 e. The van der Waals surface area contributed by atoms with Crippen molar-refractivity contribution in [2.45, 2.75) is 6.61 Å². The third kappa shape index (κ3) is 2.35. The van der Waals surface area contributed by atoms with Gasteiger partial charge in [0, 0.05) is 23.2 Å². The molecule has 0 atom stereocenters. The Labute approximate surface area is 95.9 Å². The number of rotatable bonds is 3. The molecule has 0 aliphatic heterocycles. The molecule has 0 saturated carbocycles. The van der Waals surface area contributed by atoms with Crippen molar-refractivity contribution in [1.29, 1.82) is 5.26 Å². The lowest BCUT2D eigenvalue weighted by Crippen LogP contribution is -1.95. The van der Waals surface area contributed by atoms with Crippen LogP contribution in [-0.2, 0) is 6.61 Å². The monoisotopic (exact) mass is 234 g/mol. The molecule has 5 heteroatoms. The summed E-state index contributed by atoms with van der Waals surface area (Å²) < 4.78 is 22.5.